The number of hydrogen-bond acceptors (Lipinski definition) is 0. The van der Waals surface area contributed by atoms with Crippen molar-refractivity contribution in [3.63, 3.8) is 0 Å². The van der Waals surface area contributed by atoms with Gasteiger partial charge in [0.1, 0.15) is 0 Å². The van der Waals surface area contributed by atoms with Crippen molar-refractivity contribution in [2.75, 3.05) is 0 Å². The third-order valence-electron chi connectivity index (χ3n) is 2.71. The molecule has 0 spiro atoms. The van der Waals surface area contributed by atoms with E-state index in [1.54, 1.807) is 0 Å². The van der Waals surface area contributed by atoms with E-state index in [0.29, 0.717) is 0 Å². The summed E-state index contributed by atoms with van der Waals surface area (Å²) >= 11 is 0. The van der Waals surface area contributed by atoms with E-state index in [0.717, 1.165) is 5.92 Å². The van der Waals surface area contributed by atoms with Crippen LogP contribution >= 0.6 is 0 Å². The summed E-state index contributed by atoms with van der Waals surface area (Å²) in [6.45, 7) is 6.89. The molecule has 0 bridgehead atoms. The molecule has 0 amide bonds. The van der Waals surface area contributed by atoms with Gasteiger partial charge in [0.25, 0.3) is 0 Å². The zero-order valence-electron chi connectivity index (χ0n) is 10.5. The Bertz CT molecular complexity index is 94.2. The van der Waals surface area contributed by atoms with Crippen molar-refractivity contribution in [3.8, 4) is 0 Å². The molecule has 0 aromatic carbocycles. The van der Waals surface area contributed by atoms with E-state index in [-0.39, 0.29) is 0 Å². The average Bonchev–Trinajstić information content (AvgIpc) is 2.15. The normalized spacial score (nSPS) is 11.1. The molecule has 0 atom stereocenters. The van der Waals surface area contributed by atoms with Crippen LogP contribution in [0.4, 0.5) is 0 Å². The third-order valence-corrected chi connectivity index (χ3v) is 2.71. The molecule has 0 saturated heterocycles. The quantitative estimate of drug-likeness (QED) is 0.413. The Morgan fingerprint density at radius 3 is 2.14 bits per heavy atom. The molecule has 0 aliphatic heterocycles. The predicted octanol–water partition coefficient (Wildman–Crippen LogP) is 5.38. The van der Waals surface area contributed by atoms with Crippen molar-refractivity contribution in [2.24, 2.45) is 5.92 Å². The SMILES string of the molecule is CCCCCCCC[CH]CCC(C)C. The van der Waals surface area contributed by atoms with Crippen LogP contribution in [-0.2, 0) is 0 Å². The van der Waals surface area contributed by atoms with Crippen molar-refractivity contribution in [1.82, 2.24) is 0 Å². The van der Waals surface area contributed by atoms with Gasteiger partial charge >= 0.3 is 0 Å². The number of hydrogen-bond donors (Lipinski definition) is 0. The van der Waals surface area contributed by atoms with Crippen molar-refractivity contribution in [2.45, 2.75) is 78.6 Å². The number of unbranched alkanes of at least 4 members (excludes halogenated alkanes) is 8. The highest BCUT2D eigenvalue weighted by molar-refractivity contribution is 4.65. The van der Waals surface area contributed by atoms with Crippen LogP contribution in [0.5, 0.6) is 0 Å². The van der Waals surface area contributed by atoms with E-state index >= 15 is 0 Å². The first-order valence-corrected chi connectivity index (χ1v) is 6.59. The van der Waals surface area contributed by atoms with Gasteiger partial charge in [0.2, 0.25) is 0 Å². The van der Waals surface area contributed by atoms with Gasteiger partial charge in [0, 0.05) is 0 Å². The van der Waals surface area contributed by atoms with Crippen molar-refractivity contribution in [3.05, 3.63) is 6.42 Å². The molecule has 0 aliphatic carbocycles. The Morgan fingerprint density at radius 1 is 0.857 bits per heavy atom. The van der Waals surface area contributed by atoms with E-state index < -0.39 is 0 Å². The maximum atomic E-state index is 2.49. The molecular weight excluding hydrogens is 168 g/mol. The minimum absolute atomic E-state index is 0.871. The van der Waals surface area contributed by atoms with Crippen molar-refractivity contribution < 1.29 is 0 Å². The molecule has 0 aliphatic rings. The van der Waals surface area contributed by atoms with Crippen LogP contribution in [0.3, 0.4) is 0 Å². The second-order valence-corrected chi connectivity index (χ2v) is 4.82. The van der Waals surface area contributed by atoms with E-state index in [2.05, 4.69) is 27.2 Å². The molecule has 14 heavy (non-hydrogen) atoms. The molecule has 0 unspecified atom stereocenters. The van der Waals surface area contributed by atoms with Crippen LogP contribution in [0, 0.1) is 12.3 Å². The number of rotatable bonds is 10. The van der Waals surface area contributed by atoms with Crippen molar-refractivity contribution >= 4 is 0 Å². The van der Waals surface area contributed by atoms with Gasteiger partial charge in [0.15, 0.2) is 0 Å². The molecule has 0 heteroatoms. The second-order valence-electron chi connectivity index (χ2n) is 4.82. The zero-order valence-corrected chi connectivity index (χ0v) is 10.5. The Hall–Kier alpha value is 0. The lowest BCUT2D eigenvalue weighted by Crippen LogP contribution is -1.87. The van der Waals surface area contributed by atoms with Crippen LogP contribution in [0.25, 0.3) is 0 Å². The van der Waals surface area contributed by atoms with E-state index in [1.165, 1.54) is 57.8 Å². The molecule has 0 rings (SSSR count). The Kier molecular flexibility index (Phi) is 11.1. The van der Waals surface area contributed by atoms with Crippen LogP contribution in [0.2, 0.25) is 0 Å². The summed E-state index contributed by atoms with van der Waals surface area (Å²) in [5, 5.41) is 0. The average molecular weight is 197 g/mol. The van der Waals surface area contributed by atoms with Gasteiger partial charge in [-0.3, -0.25) is 0 Å². The summed E-state index contributed by atoms with van der Waals surface area (Å²) < 4.78 is 0. The van der Waals surface area contributed by atoms with Gasteiger partial charge in [-0.2, -0.15) is 0 Å². The van der Waals surface area contributed by atoms with Gasteiger partial charge in [-0.25, -0.2) is 0 Å². The van der Waals surface area contributed by atoms with Gasteiger partial charge in [-0.05, 0) is 18.8 Å². The highest BCUT2D eigenvalue weighted by atomic mass is 14.0. The molecule has 1 radical (unpaired) electrons. The maximum Gasteiger partial charge on any atom is -0.0386 e. The van der Waals surface area contributed by atoms with Gasteiger partial charge in [0.05, 0.1) is 0 Å². The second kappa shape index (κ2) is 11.1. The Labute approximate surface area is 91.5 Å². The fourth-order valence-corrected chi connectivity index (χ4v) is 1.66. The van der Waals surface area contributed by atoms with Crippen LogP contribution < -0.4 is 0 Å². The van der Waals surface area contributed by atoms with Gasteiger partial charge in [-0.1, -0.05) is 72.1 Å². The molecule has 0 aromatic heterocycles. The molecule has 0 fully saturated rings. The fourth-order valence-electron chi connectivity index (χ4n) is 1.66. The summed E-state index contributed by atoms with van der Waals surface area (Å²) in [4.78, 5) is 0. The first-order valence-electron chi connectivity index (χ1n) is 6.59. The highest BCUT2D eigenvalue weighted by Crippen LogP contribution is 2.11. The minimum atomic E-state index is 0.871. The Balaban J connectivity index is 2.85. The predicted molar refractivity (Wildman–Crippen MR) is 66.4 cm³/mol. The zero-order chi connectivity index (χ0) is 10.6. The lowest BCUT2D eigenvalue weighted by atomic mass is 10.0. The van der Waals surface area contributed by atoms with Gasteiger partial charge in [-0.15, -0.1) is 0 Å². The monoisotopic (exact) mass is 197 g/mol. The summed E-state index contributed by atoms with van der Waals surface area (Å²) in [5.74, 6) is 0.871. The third kappa shape index (κ3) is 12.0. The Morgan fingerprint density at radius 2 is 1.50 bits per heavy atom. The first-order chi connectivity index (χ1) is 6.77. The minimum Gasteiger partial charge on any atom is -0.0654 e. The van der Waals surface area contributed by atoms with Crippen LogP contribution in [0.15, 0.2) is 0 Å². The van der Waals surface area contributed by atoms with E-state index in [4.69, 9.17) is 0 Å². The lowest BCUT2D eigenvalue weighted by molar-refractivity contribution is 0.559. The lowest BCUT2D eigenvalue weighted by Gasteiger charge is -2.03. The topological polar surface area (TPSA) is 0 Å². The summed E-state index contributed by atoms with van der Waals surface area (Å²) in [5.41, 5.74) is 0. The van der Waals surface area contributed by atoms with E-state index in [1.807, 2.05) is 0 Å². The van der Waals surface area contributed by atoms with E-state index in [9.17, 15) is 0 Å². The maximum absolute atomic E-state index is 2.49. The first kappa shape index (κ1) is 14.0. The summed E-state index contributed by atoms with van der Waals surface area (Å²) in [7, 11) is 0. The molecule has 0 N–H and O–H groups in total. The molecule has 85 valence electrons. The molecule has 0 aromatic rings. The molecule has 0 heterocycles. The summed E-state index contributed by atoms with van der Waals surface area (Å²) in [6.07, 6.45) is 15.1. The highest BCUT2D eigenvalue weighted by Gasteiger charge is 1.94. The van der Waals surface area contributed by atoms with Crippen LogP contribution in [-0.4, -0.2) is 0 Å². The fraction of sp³-hybridized carbons (Fsp3) is 0.929. The van der Waals surface area contributed by atoms with Crippen molar-refractivity contribution in [1.29, 1.82) is 0 Å². The standard InChI is InChI=1S/C14H29/c1-4-5-6-7-8-9-10-11-12-13-14(2)3/h11,14H,4-10,12-13H2,1-3H3. The molecule has 0 nitrogen and oxygen atoms in total. The van der Waals surface area contributed by atoms with Crippen LogP contribution in [0.1, 0.15) is 78.6 Å². The summed E-state index contributed by atoms with van der Waals surface area (Å²) in [6, 6.07) is 0. The van der Waals surface area contributed by atoms with Gasteiger partial charge < -0.3 is 0 Å². The smallest absolute Gasteiger partial charge is 0.0386 e. The molecular formula is C14H29. The molecule has 0 saturated carbocycles. The largest absolute Gasteiger partial charge is 0.0654 e.